The van der Waals surface area contributed by atoms with Crippen molar-refractivity contribution in [3.8, 4) is 5.69 Å². The number of carbonyl (C=O) groups excluding carboxylic acids is 1. The van der Waals surface area contributed by atoms with Crippen LogP contribution in [-0.4, -0.2) is 22.7 Å². The van der Waals surface area contributed by atoms with Gasteiger partial charge in [0.25, 0.3) is 11.5 Å². The number of nitrogens with zero attached hydrogens (tertiary/aromatic N) is 2. The minimum absolute atomic E-state index is 0.0656. The third-order valence-electron chi connectivity index (χ3n) is 4.65. The zero-order chi connectivity index (χ0) is 23.6. The number of carbonyl (C=O) groups is 1. The monoisotopic (exact) mass is 449 g/mol. The van der Waals surface area contributed by atoms with Gasteiger partial charge in [0.15, 0.2) is 5.69 Å². The Hall–Kier alpha value is -3.89. The molecule has 0 fully saturated rings. The van der Waals surface area contributed by atoms with Crippen LogP contribution >= 0.6 is 0 Å². The molecule has 0 bridgehead atoms. The lowest BCUT2D eigenvalue weighted by Gasteiger charge is -2.18. The number of benzene rings is 2. The Bertz CT molecular complexity index is 1220. The van der Waals surface area contributed by atoms with E-state index in [1.807, 2.05) is 0 Å². The van der Waals surface area contributed by atoms with Crippen molar-refractivity contribution in [2.24, 2.45) is 0 Å². The SMILES string of the molecule is CNc1cc(=O)n(-c2ccccc2F)nc1C(=O)N[C@H](C)c1cc(N)cc(C(F)(F)F)c1. The summed E-state index contributed by atoms with van der Waals surface area (Å²) in [4.78, 5) is 25.3. The summed E-state index contributed by atoms with van der Waals surface area (Å²) in [5.41, 5.74) is 3.62. The van der Waals surface area contributed by atoms with Crippen molar-refractivity contribution in [3.05, 3.63) is 81.5 Å². The number of nitrogens with one attached hydrogen (secondary N) is 2. The van der Waals surface area contributed by atoms with Crippen LogP contribution in [0.4, 0.5) is 28.9 Å². The molecule has 11 heteroatoms. The number of hydrogen-bond donors (Lipinski definition) is 3. The van der Waals surface area contributed by atoms with Gasteiger partial charge in [0.1, 0.15) is 11.5 Å². The molecule has 168 valence electrons. The average molecular weight is 449 g/mol. The first-order valence-corrected chi connectivity index (χ1v) is 9.37. The van der Waals surface area contributed by atoms with Gasteiger partial charge < -0.3 is 16.4 Å². The van der Waals surface area contributed by atoms with Crippen molar-refractivity contribution in [1.29, 1.82) is 0 Å². The van der Waals surface area contributed by atoms with E-state index in [2.05, 4.69) is 15.7 Å². The van der Waals surface area contributed by atoms with E-state index in [9.17, 15) is 27.2 Å². The van der Waals surface area contributed by atoms with Gasteiger partial charge in [-0.05, 0) is 42.8 Å². The minimum atomic E-state index is -4.61. The van der Waals surface area contributed by atoms with Crippen LogP contribution < -0.4 is 21.9 Å². The van der Waals surface area contributed by atoms with E-state index in [4.69, 9.17) is 5.73 Å². The second-order valence-electron chi connectivity index (χ2n) is 6.94. The molecule has 7 nitrogen and oxygen atoms in total. The van der Waals surface area contributed by atoms with Crippen LogP contribution in [0, 0.1) is 5.82 Å². The van der Waals surface area contributed by atoms with Gasteiger partial charge in [0, 0.05) is 18.8 Å². The van der Waals surface area contributed by atoms with Crippen molar-refractivity contribution < 1.29 is 22.4 Å². The van der Waals surface area contributed by atoms with Crippen LogP contribution in [0.25, 0.3) is 5.69 Å². The molecule has 0 spiro atoms. The number of hydrogen-bond acceptors (Lipinski definition) is 5. The van der Waals surface area contributed by atoms with Crippen LogP contribution in [0.5, 0.6) is 0 Å². The Morgan fingerprint density at radius 3 is 2.47 bits per heavy atom. The maximum Gasteiger partial charge on any atom is 0.416 e. The van der Waals surface area contributed by atoms with Crippen LogP contribution in [0.1, 0.15) is 34.6 Å². The first-order chi connectivity index (χ1) is 15.0. The third kappa shape index (κ3) is 4.71. The largest absolute Gasteiger partial charge is 0.416 e. The number of para-hydroxylation sites is 1. The quantitative estimate of drug-likeness (QED) is 0.409. The van der Waals surface area contributed by atoms with Crippen molar-refractivity contribution in [3.63, 3.8) is 0 Å². The maximum absolute atomic E-state index is 14.2. The Morgan fingerprint density at radius 1 is 1.16 bits per heavy atom. The molecule has 1 aromatic heterocycles. The maximum atomic E-state index is 14.2. The first kappa shape index (κ1) is 22.8. The second-order valence-corrected chi connectivity index (χ2v) is 6.94. The zero-order valence-corrected chi connectivity index (χ0v) is 17.0. The van der Waals surface area contributed by atoms with E-state index >= 15 is 0 Å². The molecule has 0 aliphatic heterocycles. The number of rotatable bonds is 5. The van der Waals surface area contributed by atoms with E-state index in [0.29, 0.717) is 0 Å². The van der Waals surface area contributed by atoms with Gasteiger partial charge >= 0.3 is 6.18 Å². The molecule has 2 aromatic carbocycles. The van der Waals surface area contributed by atoms with Gasteiger partial charge in [-0.2, -0.15) is 23.0 Å². The number of amides is 1. The first-order valence-electron chi connectivity index (χ1n) is 9.37. The number of nitrogen functional groups attached to an aromatic ring is 1. The van der Waals surface area contributed by atoms with Gasteiger partial charge in [-0.1, -0.05) is 12.1 Å². The topological polar surface area (TPSA) is 102 Å². The molecule has 1 amide bonds. The number of alkyl halides is 3. The molecule has 0 saturated heterocycles. The molecular weight excluding hydrogens is 430 g/mol. The fraction of sp³-hybridized carbons (Fsp3) is 0.190. The summed E-state index contributed by atoms with van der Waals surface area (Å²) in [5, 5.41) is 9.18. The molecule has 3 aromatic rings. The van der Waals surface area contributed by atoms with E-state index in [-0.39, 0.29) is 28.3 Å². The number of aromatic nitrogens is 2. The van der Waals surface area contributed by atoms with Gasteiger partial charge in [-0.15, -0.1) is 0 Å². The standard InChI is InChI=1S/C21H19F4N5O2/c1-11(12-7-13(21(23,24)25)9-14(26)8-12)28-20(32)19-16(27-2)10-18(31)30(29-19)17-6-4-3-5-15(17)22/h3-11,27H,26H2,1-2H3,(H,28,32)/t11-/m1/s1. The lowest BCUT2D eigenvalue weighted by molar-refractivity contribution is -0.137. The highest BCUT2D eigenvalue weighted by Crippen LogP contribution is 2.32. The lowest BCUT2D eigenvalue weighted by Crippen LogP contribution is -2.32. The number of anilines is 2. The summed E-state index contributed by atoms with van der Waals surface area (Å²) in [6.07, 6.45) is -4.61. The highest BCUT2D eigenvalue weighted by atomic mass is 19.4. The normalized spacial score (nSPS) is 12.3. The summed E-state index contributed by atoms with van der Waals surface area (Å²) in [7, 11) is 1.46. The van der Waals surface area contributed by atoms with Crippen LogP contribution in [0.2, 0.25) is 0 Å². The molecule has 3 rings (SSSR count). The van der Waals surface area contributed by atoms with Crippen molar-refractivity contribution in [1.82, 2.24) is 15.1 Å². The summed E-state index contributed by atoms with van der Waals surface area (Å²) in [6, 6.07) is 8.56. The molecule has 0 aliphatic rings. The van der Waals surface area contributed by atoms with Crippen LogP contribution in [-0.2, 0) is 6.18 Å². The molecule has 32 heavy (non-hydrogen) atoms. The van der Waals surface area contributed by atoms with E-state index in [1.54, 1.807) is 0 Å². The summed E-state index contributed by atoms with van der Waals surface area (Å²) in [5.74, 6) is -1.51. The third-order valence-corrected chi connectivity index (χ3v) is 4.65. The molecule has 0 radical (unpaired) electrons. The van der Waals surface area contributed by atoms with Crippen LogP contribution in [0.3, 0.4) is 0 Å². The number of halogens is 4. The van der Waals surface area contributed by atoms with E-state index in [0.717, 1.165) is 28.9 Å². The second kappa shape index (κ2) is 8.69. The highest BCUT2D eigenvalue weighted by Gasteiger charge is 2.31. The molecule has 4 N–H and O–H groups in total. The predicted molar refractivity (Wildman–Crippen MR) is 111 cm³/mol. The Labute approximate surface area is 179 Å². The molecule has 1 heterocycles. The van der Waals surface area contributed by atoms with E-state index < -0.39 is 35.1 Å². The number of nitrogens with two attached hydrogens (primary N) is 1. The fourth-order valence-corrected chi connectivity index (χ4v) is 3.05. The fourth-order valence-electron chi connectivity index (χ4n) is 3.05. The molecule has 0 unspecified atom stereocenters. The summed E-state index contributed by atoms with van der Waals surface area (Å²) in [6.45, 7) is 1.47. The minimum Gasteiger partial charge on any atom is -0.399 e. The molecule has 0 saturated carbocycles. The molecular formula is C21H19F4N5O2. The van der Waals surface area contributed by atoms with Crippen molar-refractivity contribution in [2.75, 3.05) is 18.1 Å². The average Bonchev–Trinajstić information content (AvgIpc) is 2.73. The molecule has 1 atom stereocenters. The van der Waals surface area contributed by atoms with Gasteiger partial charge in [0.2, 0.25) is 0 Å². The van der Waals surface area contributed by atoms with E-state index in [1.165, 1.54) is 38.2 Å². The van der Waals surface area contributed by atoms with Gasteiger partial charge in [-0.3, -0.25) is 9.59 Å². The zero-order valence-electron chi connectivity index (χ0n) is 17.0. The highest BCUT2D eigenvalue weighted by molar-refractivity contribution is 5.97. The Balaban J connectivity index is 1.98. The van der Waals surface area contributed by atoms with Gasteiger partial charge in [-0.25, -0.2) is 4.39 Å². The van der Waals surface area contributed by atoms with Crippen LogP contribution in [0.15, 0.2) is 53.3 Å². The summed E-state index contributed by atoms with van der Waals surface area (Å²) >= 11 is 0. The Morgan fingerprint density at radius 2 is 1.84 bits per heavy atom. The Kier molecular flexibility index (Phi) is 6.19. The molecule has 0 aliphatic carbocycles. The predicted octanol–water partition coefficient (Wildman–Crippen LogP) is 3.51. The lowest BCUT2D eigenvalue weighted by atomic mass is 10.0. The van der Waals surface area contributed by atoms with Gasteiger partial charge in [0.05, 0.1) is 17.3 Å². The summed E-state index contributed by atoms with van der Waals surface area (Å²) < 4.78 is 54.2. The van der Waals surface area contributed by atoms with Crippen molar-refractivity contribution in [2.45, 2.75) is 19.1 Å². The van der Waals surface area contributed by atoms with Crippen molar-refractivity contribution >= 4 is 17.3 Å². The smallest absolute Gasteiger partial charge is 0.399 e.